The van der Waals surface area contributed by atoms with Crippen LogP contribution in [0.15, 0.2) is 36.9 Å². The normalized spacial score (nSPS) is 11.0. The van der Waals surface area contributed by atoms with Crippen LogP contribution in [0.25, 0.3) is 11.0 Å². The fourth-order valence-corrected chi connectivity index (χ4v) is 3.72. The fraction of sp³-hybridized carbons (Fsp3) is 0.300. The minimum Gasteiger partial charge on any atom is -0.457 e. The molecule has 0 aliphatic heterocycles. The molecule has 3 rings (SSSR count). The van der Waals surface area contributed by atoms with E-state index in [0.717, 1.165) is 28.2 Å². The third kappa shape index (κ3) is 4.87. The van der Waals surface area contributed by atoms with Crippen molar-refractivity contribution < 1.29 is 14.3 Å². The number of ether oxygens (including phenoxy) is 1. The number of imidazole rings is 1. The number of nitrogens with zero attached hydrogens (tertiary/aromatic N) is 4. The zero-order chi connectivity index (χ0) is 21.0. The van der Waals surface area contributed by atoms with Gasteiger partial charge in [0.05, 0.1) is 23.3 Å². The SMILES string of the molecule is C=CCOC(=O)c1sc(NC(=O)Cn2c(CN(C)C)nc3ccccc32)nc1C. The lowest BCUT2D eigenvalue weighted by Gasteiger charge is -2.12. The Balaban J connectivity index is 1.78. The van der Waals surface area contributed by atoms with Crippen LogP contribution in [0.1, 0.15) is 21.2 Å². The van der Waals surface area contributed by atoms with Gasteiger partial charge in [0.15, 0.2) is 5.13 Å². The second kappa shape index (κ2) is 8.97. The molecule has 2 heterocycles. The molecule has 0 atom stereocenters. The molecule has 9 heteroatoms. The minimum absolute atomic E-state index is 0.0958. The van der Waals surface area contributed by atoms with Crippen LogP contribution in [-0.2, 0) is 22.6 Å². The summed E-state index contributed by atoms with van der Waals surface area (Å²) >= 11 is 1.09. The number of amides is 1. The Bertz CT molecular complexity index is 1050. The molecule has 0 unspecified atom stereocenters. The van der Waals surface area contributed by atoms with Crippen LogP contribution in [0, 0.1) is 6.92 Å². The number of aryl methyl sites for hydroxylation is 1. The van der Waals surface area contributed by atoms with Crippen molar-refractivity contribution in [3.8, 4) is 0 Å². The van der Waals surface area contributed by atoms with E-state index in [-0.39, 0.29) is 19.1 Å². The molecule has 0 aliphatic carbocycles. The molecule has 2 aromatic heterocycles. The van der Waals surface area contributed by atoms with Gasteiger partial charge < -0.3 is 19.5 Å². The van der Waals surface area contributed by atoms with Crippen molar-refractivity contribution in [3.05, 3.63) is 53.3 Å². The van der Waals surface area contributed by atoms with Gasteiger partial charge in [-0.3, -0.25) is 4.79 Å². The van der Waals surface area contributed by atoms with Gasteiger partial charge >= 0.3 is 5.97 Å². The summed E-state index contributed by atoms with van der Waals surface area (Å²) in [5, 5.41) is 3.13. The van der Waals surface area contributed by atoms with Crippen LogP contribution in [-0.4, -0.2) is 52.0 Å². The minimum atomic E-state index is -0.478. The lowest BCUT2D eigenvalue weighted by molar-refractivity contribution is -0.116. The molecule has 1 N–H and O–H groups in total. The largest absolute Gasteiger partial charge is 0.457 e. The predicted molar refractivity (Wildman–Crippen MR) is 113 cm³/mol. The molecule has 0 spiro atoms. The number of carbonyl (C=O) groups is 2. The lowest BCUT2D eigenvalue weighted by Crippen LogP contribution is -2.22. The molecule has 0 bridgehead atoms. The quantitative estimate of drug-likeness (QED) is 0.451. The number of aromatic nitrogens is 3. The summed E-state index contributed by atoms with van der Waals surface area (Å²) < 4.78 is 6.94. The number of benzene rings is 1. The van der Waals surface area contributed by atoms with Crippen LogP contribution >= 0.6 is 11.3 Å². The Labute approximate surface area is 172 Å². The maximum atomic E-state index is 12.7. The summed E-state index contributed by atoms with van der Waals surface area (Å²) in [7, 11) is 3.91. The van der Waals surface area contributed by atoms with Gasteiger partial charge in [0.1, 0.15) is 23.9 Å². The average molecular weight is 414 g/mol. The van der Waals surface area contributed by atoms with Gasteiger partial charge in [0, 0.05) is 0 Å². The highest BCUT2D eigenvalue weighted by Crippen LogP contribution is 2.24. The summed E-state index contributed by atoms with van der Waals surface area (Å²) in [6, 6.07) is 7.71. The molecule has 0 radical (unpaired) electrons. The average Bonchev–Trinajstić information content (AvgIpc) is 3.19. The first kappa shape index (κ1) is 20.7. The predicted octanol–water partition coefficient (Wildman–Crippen LogP) is 2.84. The lowest BCUT2D eigenvalue weighted by atomic mass is 10.3. The van der Waals surface area contributed by atoms with Gasteiger partial charge in [-0.15, -0.1) is 0 Å². The molecule has 152 valence electrons. The first-order valence-corrected chi connectivity index (χ1v) is 9.85. The molecule has 8 nitrogen and oxygen atoms in total. The molecule has 0 saturated heterocycles. The first-order chi connectivity index (χ1) is 13.9. The van der Waals surface area contributed by atoms with E-state index in [9.17, 15) is 9.59 Å². The molecule has 0 saturated carbocycles. The summed E-state index contributed by atoms with van der Waals surface area (Å²) in [4.78, 5) is 36.0. The van der Waals surface area contributed by atoms with Gasteiger partial charge in [-0.2, -0.15) is 0 Å². The van der Waals surface area contributed by atoms with Crippen molar-refractivity contribution in [2.45, 2.75) is 20.0 Å². The second-order valence-corrected chi connectivity index (χ2v) is 7.71. The van der Waals surface area contributed by atoms with Crippen LogP contribution < -0.4 is 5.32 Å². The third-order valence-electron chi connectivity index (χ3n) is 4.05. The van der Waals surface area contributed by atoms with Crippen LogP contribution in [0.4, 0.5) is 5.13 Å². The van der Waals surface area contributed by atoms with E-state index in [1.807, 2.05) is 47.8 Å². The number of rotatable bonds is 8. The highest BCUT2D eigenvalue weighted by atomic mass is 32.1. The fourth-order valence-electron chi connectivity index (χ4n) is 2.85. The van der Waals surface area contributed by atoms with Gasteiger partial charge in [0.25, 0.3) is 0 Å². The Hall–Kier alpha value is -3.04. The van der Waals surface area contributed by atoms with Gasteiger partial charge in [0.2, 0.25) is 5.91 Å². The molecular formula is C20H23N5O3S. The third-order valence-corrected chi connectivity index (χ3v) is 5.11. The van der Waals surface area contributed by atoms with Crippen molar-refractivity contribution in [3.63, 3.8) is 0 Å². The number of para-hydroxylation sites is 2. The maximum Gasteiger partial charge on any atom is 0.350 e. The Kier molecular flexibility index (Phi) is 6.40. The van der Waals surface area contributed by atoms with Gasteiger partial charge in [-0.1, -0.05) is 36.1 Å². The van der Waals surface area contributed by atoms with Crippen molar-refractivity contribution >= 4 is 39.4 Å². The van der Waals surface area contributed by atoms with Crippen molar-refractivity contribution in [1.82, 2.24) is 19.4 Å². The number of thiazole rings is 1. The summed E-state index contributed by atoms with van der Waals surface area (Å²) in [6.45, 7) is 6.05. The number of fused-ring (bicyclic) bond motifs is 1. The van der Waals surface area contributed by atoms with E-state index >= 15 is 0 Å². The highest BCUT2D eigenvalue weighted by Gasteiger charge is 2.19. The number of carbonyl (C=O) groups excluding carboxylic acids is 2. The standard InChI is InChI=1S/C20H23N5O3S/c1-5-10-28-19(27)18-13(2)21-20(29-18)23-17(26)12-25-15-9-7-6-8-14(15)22-16(25)11-24(3)4/h5-9H,1,10-12H2,2-4H3,(H,21,23,26). The smallest absolute Gasteiger partial charge is 0.350 e. The number of esters is 1. The highest BCUT2D eigenvalue weighted by molar-refractivity contribution is 7.17. The van der Waals surface area contributed by atoms with Crippen LogP contribution in [0.2, 0.25) is 0 Å². The van der Waals surface area contributed by atoms with E-state index in [2.05, 4.69) is 21.9 Å². The summed E-state index contributed by atoms with van der Waals surface area (Å²) in [5.74, 6) is 0.0811. The van der Waals surface area contributed by atoms with Gasteiger partial charge in [-0.25, -0.2) is 14.8 Å². The van der Waals surface area contributed by atoms with E-state index in [0.29, 0.717) is 22.2 Å². The van der Waals surface area contributed by atoms with Crippen LogP contribution in [0.5, 0.6) is 0 Å². The summed E-state index contributed by atoms with van der Waals surface area (Å²) in [5.41, 5.74) is 2.25. The molecule has 0 aliphatic rings. The first-order valence-electron chi connectivity index (χ1n) is 9.03. The maximum absolute atomic E-state index is 12.7. The van der Waals surface area contributed by atoms with E-state index in [1.54, 1.807) is 6.92 Å². The Morgan fingerprint density at radius 2 is 2.07 bits per heavy atom. The monoisotopic (exact) mass is 413 g/mol. The van der Waals surface area contributed by atoms with Crippen molar-refractivity contribution in [2.75, 3.05) is 26.0 Å². The zero-order valence-corrected chi connectivity index (χ0v) is 17.5. The van der Waals surface area contributed by atoms with Crippen molar-refractivity contribution in [1.29, 1.82) is 0 Å². The summed E-state index contributed by atoms with van der Waals surface area (Å²) in [6.07, 6.45) is 1.50. The zero-order valence-electron chi connectivity index (χ0n) is 16.6. The van der Waals surface area contributed by atoms with Gasteiger partial charge in [-0.05, 0) is 33.2 Å². The molecular weight excluding hydrogens is 390 g/mol. The Morgan fingerprint density at radius 1 is 1.31 bits per heavy atom. The second-order valence-electron chi connectivity index (χ2n) is 6.71. The van der Waals surface area contributed by atoms with Crippen LogP contribution in [0.3, 0.4) is 0 Å². The topological polar surface area (TPSA) is 89.4 Å². The molecule has 1 amide bonds. The number of hydrogen-bond donors (Lipinski definition) is 1. The number of nitrogens with one attached hydrogen (secondary N) is 1. The molecule has 1 aromatic carbocycles. The molecule has 0 fully saturated rings. The van der Waals surface area contributed by atoms with Crippen molar-refractivity contribution in [2.24, 2.45) is 0 Å². The van der Waals surface area contributed by atoms with E-state index < -0.39 is 5.97 Å². The van der Waals surface area contributed by atoms with E-state index in [4.69, 9.17) is 4.74 Å². The molecule has 29 heavy (non-hydrogen) atoms. The molecule has 3 aromatic rings. The number of anilines is 1. The van der Waals surface area contributed by atoms with E-state index in [1.165, 1.54) is 6.08 Å². The number of hydrogen-bond acceptors (Lipinski definition) is 7. The Morgan fingerprint density at radius 3 is 2.79 bits per heavy atom.